The molecular weight excluding hydrogens is 462 g/mol. The van der Waals surface area contributed by atoms with Gasteiger partial charge in [0.05, 0.1) is 10.8 Å². The number of aliphatic carboxylic acids is 1. The molecule has 36 heavy (non-hydrogen) atoms. The van der Waals surface area contributed by atoms with Gasteiger partial charge in [0, 0.05) is 23.4 Å². The fourth-order valence-corrected chi connectivity index (χ4v) is 8.76. The van der Waals surface area contributed by atoms with E-state index >= 15 is 0 Å². The number of benzene rings is 1. The molecule has 4 aliphatic carbocycles. The second kappa shape index (κ2) is 8.71. The molecule has 0 spiro atoms. The quantitative estimate of drug-likeness (QED) is 0.375. The van der Waals surface area contributed by atoms with Crippen LogP contribution in [-0.2, 0) is 9.53 Å². The predicted molar refractivity (Wildman–Crippen MR) is 133 cm³/mol. The van der Waals surface area contributed by atoms with Crippen LogP contribution in [0.5, 0.6) is 0 Å². The number of carboxylic acid groups (broad SMARTS) is 1. The third-order valence-electron chi connectivity index (χ3n) is 10.9. The molecule has 0 aliphatic heterocycles. The molecule has 1 aromatic carbocycles. The zero-order chi connectivity index (χ0) is 25.9. The summed E-state index contributed by atoms with van der Waals surface area (Å²) in [5, 5.41) is 23.4. The number of ether oxygens (including phenoxy) is 1. The van der Waals surface area contributed by atoms with E-state index < -0.39 is 22.5 Å². The third-order valence-corrected chi connectivity index (χ3v) is 10.9. The van der Waals surface area contributed by atoms with Crippen LogP contribution in [0.4, 0.5) is 16.2 Å². The van der Waals surface area contributed by atoms with Gasteiger partial charge in [-0.3, -0.25) is 20.2 Å². The number of anilines is 1. The topological polar surface area (TPSA) is 145 Å². The first kappa shape index (κ1) is 25.0. The molecule has 9 nitrogen and oxygen atoms in total. The summed E-state index contributed by atoms with van der Waals surface area (Å²) in [6.45, 7) is 4.51. The van der Waals surface area contributed by atoms with Crippen molar-refractivity contribution >= 4 is 23.4 Å². The number of nitrogens with one attached hydrogen (secondary N) is 1. The van der Waals surface area contributed by atoms with Gasteiger partial charge in [0.15, 0.2) is 0 Å². The molecule has 0 bridgehead atoms. The molecular formula is C27H37N3O6. The minimum absolute atomic E-state index is 0.0329. The second-order valence-electron chi connectivity index (χ2n) is 12.1. The molecule has 4 saturated carbocycles. The van der Waals surface area contributed by atoms with Crippen LogP contribution >= 0.6 is 0 Å². The van der Waals surface area contributed by atoms with Crippen molar-refractivity contribution in [1.29, 1.82) is 0 Å². The van der Waals surface area contributed by atoms with Crippen LogP contribution in [0.2, 0.25) is 0 Å². The number of nitro groups is 1. The van der Waals surface area contributed by atoms with Crippen molar-refractivity contribution < 1.29 is 24.4 Å². The second-order valence-corrected chi connectivity index (χ2v) is 12.1. The van der Waals surface area contributed by atoms with E-state index in [0.29, 0.717) is 29.9 Å². The average Bonchev–Trinajstić information content (AvgIpc) is 3.11. The molecule has 196 valence electrons. The number of non-ortho nitro benzene ring substituents is 1. The van der Waals surface area contributed by atoms with Crippen LogP contribution < -0.4 is 11.1 Å². The third kappa shape index (κ3) is 3.78. The van der Waals surface area contributed by atoms with Gasteiger partial charge in [-0.25, -0.2) is 4.79 Å². The van der Waals surface area contributed by atoms with Gasteiger partial charge in [-0.15, -0.1) is 0 Å². The summed E-state index contributed by atoms with van der Waals surface area (Å²) < 4.78 is 5.77. The Morgan fingerprint density at radius 1 is 1.06 bits per heavy atom. The van der Waals surface area contributed by atoms with Gasteiger partial charge in [0.2, 0.25) is 0 Å². The molecule has 4 fully saturated rings. The summed E-state index contributed by atoms with van der Waals surface area (Å²) in [6, 6.07) is 5.69. The number of rotatable bonds is 4. The Balaban J connectivity index is 1.23. The minimum atomic E-state index is -0.701. The van der Waals surface area contributed by atoms with Gasteiger partial charge in [0.25, 0.3) is 5.69 Å². The monoisotopic (exact) mass is 499 g/mol. The van der Waals surface area contributed by atoms with Crippen LogP contribution in [0.15, 0.2) is 24.3 Å². The van der Waals surface area contributed by atoms with Crippen molar-refractivity contribution in [2.75, 3.05) is 5.32 Å². The Morgan fingerprint density at radius 2 is 1.78 bits per heavy atom. The van der Waals surface area contributed by atoms with E-state index in [1.165, 1.54) is 24.3 Å². The highest BCUT2D eigenvalue weighted by atomic mass is 16.6. The van der Waals surface area contributed by atoms with E-state index in [0.717, 1.165) is 51.4 Å². The minimum Gasteiger partial charge on any atom is -0.481 e. The molecule has 4 aliphatic rings. The van der Waals surface area contributed by atoms with Crippen molar-refractivity contribution in [3.63, 3.8) is 0 Å². The van der Waals surface area contributed by atoms with E-state index in [2.05, 4.69) is 19.2 Å². The van der Waals surface area contributed by atoms with Gasteiger partial charge in [0.1, 0.15) is 6.10 Å². The van der Waals surface area contributed by atoms with Crippen LogP contribution in [0.3, 0.4) is 0 Å². The van der Waals surface area contributed by atoms with Gasteiger partial charge in [-0.1, -0.05) is 13.8 Å². The summed E-state index contributed by atoms with van der Waals surface area (Å²) in [4.78, 5) is 34.9. The summed E-state index contributed by atoms with van der Waals surface area (Å²) in [5.74, 6) is 0.191. The van der Waals surface area contributed by atoms with Crippen LogP contribution in [-0.4, -0.2) is 33.7 Å². The Labute approximate surface area is 211 Å². The Hall–Kier alpha value is -2.68. The van der Waals surface area contributed by atoms with Gasteiger partial charge >= 0.3 is 12.1 Å². The van der Waals surface area contributed by atoms with Gasteiger partial charge < -0.3 is 15.6 Å². The lowest BCUT2D eigenvalue weighted by molar-refractivity contribution is -0.384. The lowest BCUT2D eigenvalue weighted by Gasteiger charge is -2.64. The standard InChI is InChI=1S/C27H37N3O6/c1-25-12-9-19(36-24(33)29-17-4-6-18(7-5-17)30(34)35)15-16(25)3-8-21-20(25)10-13-26(2)22(23(31)32)11-14-27(21,26)28/h4-7,16,19-22H,3,8-15,28H2,1-2H3,(H,29,33)(H,31,32)/t16?,19?,20-,21-,22?,25+,26-,27-/m1/s1. The van der Waals surface area contributed by atoms with Crippen LogP contribution in [0.25, 0.3) is 0 Å². The number of nitrogens with two attached hydrogens (primary N) is 1. The van der Waals surface area contributed by atoms with Crippen molar-refractivity contribution in [3.8, 4) is 0 Å². The molecule has 4 N–H and O–H groups in total. The van der Waals surface area contributed by atoms with Gasteiger partial charge in [-0.05, 0) is 98.5 Å². The molecule has 3 unspecified atom stereocenters. The van der Waals surface area contributed by atoms with Crippen molar-refractivity contribution in [2.24, 2.45) is 40.2 Å². The van der Waals surface area contributed by atoms with Crippen LogP contribution in [0.1, 0.15) is 71.6 Å². The summed E-state index contributed by atoms with van der Waals surface area (Å²) in [5.41, 5.74) is 6.95. The molecule has 0 heterocycles. The molecule has 5 rings (SSSR count). The van der Waals surface area contributed by atoms with E-state index in [-0.39, 0.29) is 28.5 Å². The number of hydrogen-bond acceptors (Lipinski definition) is 6. The van der Waals surface area contributed by atoms with Gasteiger partial charge in [-0.2, -0.15) is 0 Å². The number of amides is 1. The highest BCUT2D eigenvalue weighted by Crippen LogP contribution is 2.68. The van der Waals surface area contributed by atoms with E-state index in [9.17, 15) is 24.8 Å². The first-order chi connectivity index (χ1) is 17.0. The number of hydrogen-bond donors (Lipinski definition) is 3. The molecule has 1 aromatic rings. The fraction of sp³-hybridized carbons (Fsp3) is 0.704. The number of carbonyl (C=O) groups excluding carboxylic acids is 1. The Bertz CT molecular complexity index is 1060. The maximum atomic E-state index is 12.5. The maximum absolute atomic E-state index is 12.5. The molecule has 0 saturated heterocycles. The molecule has 1 amide bonds. The van der Waals surface area contributed by atoms with Crippen molar-refractivity contribution in [2.45, 2.75) is 83.3 Å². The Kier molecular flexibility index (Phi) is 6.05. The van der Waals surface area contributed by atoms with E-state index in [1.807, 2.05) is 0 Å². The number of fused-ring (bicyclic) bond motifs is 5. The first-order valence-electron chi connectivity index (χ1n) is 13.2. The fourth-order valence-electron chi connectivity index (χ4n) is 8.76. The highest BCUT2D eigenvalue weighted by molar-refractivity contribution is 5.84. The summed E-state index contributed by atoms with van der Waals surface area (Å²) >= 11 is 0. The molecule has 8 atom stereocenters. The Morgan fingerprint density at radius 3 is 2.44 bits per heavy atom. The van der Waals surface area contributed by atoms with Crippen LogP contribution in [0, 0.1) is 44.6 Å². The lowest BCUT2D eigenvalue weighted by atomic mass is 9.42. The normalized spacial score (nSPS) is 41.4. The summed E-state index contributed by atoms with van der Waals surface area (Å²) in [6.07, 6.45) is 7.24. The smallest absolute Gasteiger partial charge is 0.411 e. The maximum Gasteiger partial charge on any atom is 0.411 e. The number of carboxylic acids is 1. The number of carbonyl (C=O) groups is 2. The highest BCUT2D eigenvalue weighted by Gasteiger charge is 2.67. The van der Waals surface area contributed by atoms with E-state index in [4.69, 9.17) is 10.5 Å². The first-order valence-corrected chi connectivity index (χ1v) is 13.2. The number of nitrogens with zero attached hydrogens (tertiary/aromatic N) is 1. The van der Waals surface area contributed by atoms with Crippen molar-refractivity contribution in [1.82, 2.24) is 0 Å². The summed E-state index contributed by atoms with van der Waals surface area (Å²) in [7, 11) is 0. The molecule has 0 radical (unpaired) electrons. The van der Waals surface area contributed by atoms with Crippen molar-refractivity contribution in [3.05, 3.63) is 34.4 Å². The molecule has 9 heteroatoms. The largest absolute Gasteiger partial charge is 0.481 e. The SMILES string of the molecule is C[C@]12CCC(OC(=O)Nc3ccc([N+](=O)[O-])cc3)CC1CC[C@@H]1[C@H]2CC[C@]2(C)C(C(=O)O)CC[C@@]12N. The zero-order valence-electron chi connectivity index (χ0n) is 21.1. The number of nitro benzene ring substituents is 1. The predicted octanol–water partition coefficient (Wildman–Crippen LogP) is 5.34. The van der Waals surface area contributed by atoms with E-state index in [1.54, 1.807) is 0 Å². The average molecular weight is 500 g/mol. The lowest BCUT2D eigenvalue weighted by Crippen LogP contribution is -2.66. The molecule has 0 aromatic heterocycles. The zero-order valence-corrected chi connectivity index (χ0v) is 21.1.